The molecule has 1 atom stereocenters. The monoisotopic (exact) mass is 460 g/mol. The van der Waals surface area contributed by atoms with Gasteiger partial charge >= 0.3 is 0 Å². The summed E-state index contributed by atoms with van der Waals surface area (Å²) in [4.78, 5) is 17.5. The number of carbonyl (C=O) groups is 1. The number of aromatic nitrogens is 2. The maximum Gasteiger partial charge on any atom is 0.261 e. The Morgan fingerprint density at radius 1 is 1.16 bits per heavy atom. The first kappa shape index (κ1) is 22.3. The van der Waals surface area contributed by atoms with Crippen LogP contribution >= 0.6 is 11.3 Å². The van der Waals surface area contributed by atoms with Gasteiger partial charge in [0.15, 0.2) is 0 Å². The number of rotatable bonds is 5. The smallest absolute Gasteiger partial charge is 0.261 e. The Hall–Kier alpha value is -1.48. The van der Waals surface area contributed by atoms with E-state index in [0.29, 0.717) is 18.1 Å². The van der Waals surface area contributed by atoms with E-state index in [4.69, 9.17) is 9.84 Å². The summed E-state index contributed by atoms with van der Waals surface area (Å²) in [6.07, 6.45) is 9.79. The first-order valence-electron chi connectivity index (χ1n) is 12.4. The summed E-state index contributed by atoms with van der Waals surface area (Å²) in [5, 5.41) is 18.9. The summed E-state index contributed by atoms with van der Waals surface area (Å²) < 4.78 is 7.64. The van der Waals surface area contributed by atoms with Crippen molar-refractivity contribution in [1.82, 2.24) is 20.0 Å². The molecule has 1 amide bonds. The quantitative estimate of drug-likeness (QED) is 0.712. The molecule has 2 aromatic rings. The molecule has 7 nitrogen and oxygen atoms in total. The fraction of sp³-hybridized carbons (Fsp3) is 0.750. The zero-order valence-electron chi connectivity index (χ0n) is 19.1. The maximum atomic E-state index is 13.1. The van der Waals surface area contributed by atoms with Crippen molar-refractivity contribution in [2.24, 2.45) is 0 Å². The lowest BCUT2D eigenvalue weighted by Crippen LogP contribution is -2.50. The van der Waals surface area contributed by atoms with E-state index in [1.165, 1.54) is 12.8 Å². The number of hydrogen-bond donors (Lipinski definition) is 2. The van der Waals surface area contributed by atoms with E-state index in [2.05, 4.69) is 14.9 Å². The summed E-state index contributed by atoms with van der Waals surface area (Å²) in [5.74, 6) is 0.0544. The number of piperidine rings is 1. The lowest BCUT2D eigenvalue weighted by molar-refractivity contribution is 0.0344. The topological polar surface area (TPSA) is 79.6 Å². The molecule has 2 aliphatic heterocycles. The predicted molar refractivity (Wildman–Crippen MR) is 126 cm³/mol. The highest BCUT2D eigenvalue weighted by Gasteiger charge is 2.32. The Bertz CT molecular complexity index is 927. The molecule has 3 fully saturated rings. The minimum Gasteiger partial charge on any atom is -0.395 e. The van der Waals surface area contributed by atoms with E-state index >= 15 is 0 Å². The third-order valence-corrected chi connectivity index (χ3v) is 8.84. The maximum absolute atomic E-state index is 13.1. The third-order valence-electron chi connectivity index (χ3n) is 7.71. The van der Waals surface area contributed by atoms with Crippen molar-refractivity contribution >= 4 is 27.5 Å². The van der Waals surface area contributed by atoms with Crippen LogP contribution in [0.4, 0.5) is 0 Å². The fourth-order valence-corrected chi connectivity index (χ4v) is 7.01. The first-order valence-corrected chi connectivity index (χ1v) is 13.2. The summed E-state index contributed by atoms with van der Waals surface area (Å²) in [6, 6.07) is 3.52. The van der Waals surface area contributed by atoms with Crippen LogP contribution in [0.3, 0.4) is 0 Å². The molecule has 0 aromatic carbocycles. The minimum absolute atomic E-state index is 0.0544. The van der Waals surface area contributed by atoms with Gasteiger partial charge in [-0.3, -0.25) is 14.4 Å². The van der Waals surface area contributed by atoms with Crippen molar-refractivity contribution in [2.75, 3.05) is 26.4 Å². The molecule has 0 radical (unpaired) electrons. The number of likely N-dealkylation sites (tertiary alicyclic amines) is 1. The second-order valence-corrected chi connectivity index (χ2v) is 10.8. The van der Waals surface area contributed by atoms with Crippen molar-refractivity contribution in [1.29, 1.82) is 0 Å². The summed E-state index contributed by atoms with van der Waals surface area (Å²) in [7, 11) is 0. The van der Waals surface area contributed by atoms with E-state index in [1.54, 1.807) is 11.3 Å². The molecule has 5 rings (SSSR count). The molecule has 3 aliphatic rings. The number of fused-ring (bicyclic) bond motifs is 1. The number of hydrogen-bond acceptors (Lipinski definition) is 6. The van der Waals surface area contributed by atoms with Gasteiger partial charge in [-0.1, -0.05) is 6.42 Å². The highest BCUT2D eigenvalue weighted by atomic mass is 32.1. The van der Waals surface area contributed by atoms with Gasteiger partial charge < -0.3 is 15.2 Å². The average molecular weight is 461 g/mol. The van der Waals surface area contributed by atoms with E-state index in [9.17, 15) is 9.90 Å². The van der Waals surface area contributed by atoms with E-state index < -0.39 is 0 Å². The molecular formula is C24H36N4O3S. The second-order valence-electron chi connectivity index (χ2n) is 9.75. The number of nitrogens with zero attached hydrogens (tertiary/aromatic N) is 3. The standard InChI is InChI=1S/C24H36N4O3S/c1-16-21-14-22(32-24(21)28(26-16)19-9-12-31-13-10-19)23(30)25-17-5-7-18(8-6-17)27-11-3-2-4-20(27)15-29/h14,17-20,29H,2-13,15H2,1H3,(H,25,30). The highest BCUT2D eigenvalue weighted by molar-refractivity contribution is 7.20. The zero-order chi connectivity index (χ0) is 22.1. The van der Waals surface area contributed by atoms with Crippen LogP contribution in [0.25, 0.3) is 10.2 Å². The van der Waals surface area contributed by atoms with Crippen LogP contribution in [0.2, 0.25) is 0 Å². The van der Waals surface area contributed by atoms with Crippen LogP contribution in [-0.4, -0.2) is 70.2 Å². The fourth-order valence-electron chi connectivity index (χ4n) is 5.87. The van der Waals surface area contributed by atoms with Crippen LogP contribution in [0.15, 0.2) is 6.07 Å². The number of aliphatic hydroxyl groups excluding tert-OH is 1. The van der Waals surface area contributed by atoms with Gasteiger partial charge in [0.25, 0.3) is 5.91 Å². The van der Waals surface area contributed by atoms with Crippen LogP contribution in [0.5, 0.6) is 0 Å². The molecular weight excluding hydrogens is 424 g/mol. The van der Waals surface area contributed by atoms with Crippen molar-refractivity contribution < 1.29 is 14.6 Å². The van der Waals surface area contributed by atoms with Crippen molar-refractivity contribution in [3.05, 3.63) is 16.6 Å². The SMILES string of the molecule is Cc1nn(C2CCOCC2)c2sc(C(=O)NC3CCC(N4CCCCC4CO)CC3)cc12. The molecule has 176 valence electrons. The summed E-state index contributed by atoms with van der Waals surface area (Å²) in [6.45, 7) is 4.98. The molecule has 32 heavy (non-hydrogen) atoms. The van der Waals surface area contributed by atoms with Gasteiger partial charge in [0.2, 0.25) is 0 Å². The Morgan fingerprint density at radius 3 is 2.69 bits per heavy atom. The van der Waals surface area contributed by atoms with Gasteiger partial charge in [0.1, 0.15) is 4.83 Å². The lowest BCUT2D eigenvalue weighted by atomic mass is 9.87. The van der Waals surface area contributed by atoms with Gasteiger partial charge in [-0.15, -0.1) is 11.3 Å². The second kappa shape index (κ2) is 9.79. The number of carbonyl (C=O) groups excluding carboxylic acids is 1. The summed E-state index contributed by atoms with van der Waals surface area (Å²) in [5.41, 5.74) is 1.00. The third kappa shape index (κ3) is 4.47. The average Bonchev–Trinajstić information content (AvgIpc) is 3.41. The zero-order valence-corrected chi connectivity index (χ0v) is 19.9. The molecule has 2 N–H and O–H groups in total. The normalized spacial score (nSPS) is 28.2. The van der Waals surface area contributed by atoms with E-state index in [1.807, 2.05) is 13.0 Å². The Kier molecular flexibility index (Phi) is 6.83. The molecule has 1 unspecified atom stereocenters. The number of ether oxygens (including phenoxy) is 1. The molecule has 0 spiro atoms. The van der Waals surface area contributed by atoms with Crippen molar-refractivity contribution in [3.63, 3.8) is 0 Å². The van der Waals surface area contributed by atoms with Gasteiger partial charge in [0.05, 0.1) is 23.2 Å². The van der Waals surface area contributed by atoms with E-state index in [0.717, 1.165) is 85.5 Å². The summed E-state index contributed by atoms with van der Waals surface area (Å²) >= 11 is 1.57. The Balaban J connectivity index is 1.21. The molecule has 1 saturated carbocycles. The number of nitrogens with one attached hydrogen (secondary N) is 1. The van der Waals surface area contributed by atoms with Crippen LogP contribution in [-0.2, 0) is 4.74 Å². The number of amides is 1. The molecule has 2 aromatic heterocycles. The number of aliphatic hydroxyl groups is 1. The molecule has 1 aliphatic carbocycles. The molecule has 2 saturated heterocycles. The number of thiophene rings is 1. The van der Waals surface area contributed by atoms with Gasteiger partial charge in [-0.2, -0.15) is 5.10 Å². The van der Waals surface area contributed by atoms with Crippen molar-refractivity contribution in [3.8, 4) is 0 Å². The van der Waals surface area contributed by atoms with Gasteiger partial charge in [-0.25, -0.2) is 0 Å². The molecule has 0 bridgehead atoms. The van der Waals surface area contributed by atoms with Crippen LogP contribution < -0.4 is 5.32 Å². The minimum atomic E-state index is 0.0544. The van der Waals surface area contributed by atoms with Gasteiger partial charge in [0, 0.05) is 36.7 Å². The lowest BCUT2D eigenvalue weighted by Gasteiger charge is -2.43. The molecule has 4 heterocycles. The first-order chi connectivity index (χ1) is 15.6. The largest absolute Gasteiger partial charge is 0.395 e. The molecule has 8 heteroatoms. The number of aryl methyl sites for hydroxylation is 1. The Labute approximate surface area is 194 Å². The van der Waals surface area contributed by atoms with Crippen LogP contribution in [0, 0.1) is 6.92 Å². The van der Waals surface area contributed by atoms with Gasteiger partial charge in [-0.05, 0) is 70.9 Å². The predicted octanol–water partition coefficient (Wildman–Crippen LogP) is 3.65. The van der Waals surface area contributed by atoms with Crippen LogP contribution in [0.1, 0.15) is 79.2 Å². The Morgan fingerprint density at radius 2 is 1.94 bits per heavy atom. The highest BCUT2D eigenvalue weighted by Crippen LogP contribution is 2.34. The van der Waals surface area contributed by atoms with E-state index in [-0.39, 0.29) is 18.6 Å². The van der Waals surface area contributed by atoms with Crippen molar-refractivity contribution in [2.45, 2.75) is 88.9 Å².